The smallest absolute Gasteiger partial charge is 0.0314 e. The van der Waals surface area contributed by atoms with Gasteiger partial charge in [-0.25, -0.2) is 0 Å². The van der Waals surface area contributed by atoms with Gasteiger partial charge in [0.2, 0.25) is 0 Å². The Hall–Kier alpha value is -3.52. The predicted octanol–water partition coefficient (Wildman–Crippen LogP) is 10.8. The molecule has 2 atom stereocenters. The summed E-state index contributed by atoms with van der Waals surface area (Å²) in [4.78, 5) is 0. The Morgan fingerprint density at radius 3 is 0.881 bits per heavy atom. The SMILES string of the molecule is CC(c1ccc(N)cc1)c1ccc(CCCCCCCCCCCCc2ccc(C(C)c3ccc(N)cc3)cc2)cc1. The van der Waals surface area contributed by atoms with Crippen molar-refractivity contribution in [3.05, 3.63) is 130 Å². The van der Waals surface area contributed by atoms with E-state index in [4.69, 9.17) is 11.5 Å². The normalized spacial score (nSPS) is 12.7. The second-order valence-electron chi connectivity index (χ2n) is 12.3. The first-order valence-corrected chi connectivity index (χ1v) is 16.4. The molecule has 0 saturated heterocycles. The molecule has 2 heteroatoms. The molecular formula is C40H52N2. The van der Waals surface area contributed by atoms with E-state index in [1.807, 2.05) is 24.3 Å². The van der Waals surface area contributed by atoms with Gasteiger partial charge in [-0.2, -0.15) is 0 Å². The highest BCUT2D eigenvalue weighted by molar-refractivity contribution is 5.44. The number of aryl methyl sites for hydroxylation is 2. The topological polar surface area (TPSA) is 52.0 Å². The van der Waals surface area contributed by atoms with E-state index >= 15 is 0 Å². The zero-order chi connectivity index (χ0) is 29.6. The molecule has 2 nitrogen and oxygen atoms in total. The van der Waals surface area contributed by atoms with Crippen LogP contribution in [0.4, 0.5) is 11.4 Å². The number of hydrogen-bond donors (Lipinski definition) is 2. The minimum absolute atomic E-state index is 0.396. The van der Waals surface area contributed by atoms with Crippen LogP contribution in [-0.2, 0) is 12.8 Å². The fourth-order valence-corrected chi connectivity index (χ4v) is 5.97. The van der Waals surface area contributed by atoms with Gasteiger partial charge in [0.1, 0.15) is 0 Å². The average molecular weight is 561 g/mol. The van der Waals surface area contributed by atoms with Gasteiger partial charge in [-0.05, 0) is 83.3 Å². The highest BCUT2D eigenvalue weighted by Gasteiger charge is 2.09. The molecule has 0 bridgehead atoms. The monoisotopic (exact) mass is 560 g/mol. The van der Waals surface area contributed by atoms with Crippen LogP contribution in [0.15, 0.2) is 97.1 Å². The number of anilines is 2. The van der Waals surface area contributed by atoms with Crippen molar-refractivity contribution in [3.63, 3.8) is 0 Å². The van der Waals surface area contributed by atoms with Crippen LogP contribution in [0.5, 0.6) is 0 Å². The fraction of sp³-hybridized carbons (Fsp3) is 0.400. The van der Waals surface area contributed by atoms with Crippen molar-refractivity contribution in [3.8, 4) is 0 Å². The molecule has 42 heavy (non-hydrogen) atoms. The molecular weight excluding hydrogens is 508 g/mol. The first kappa shape index (κ1) is 31.4. The van der Waals surface area contributed by atoms with Crippen LogP contribution >= 0.6 is 0 Å². The summed E-state index contributed by atoms with van der Waals surface area (Å²) in [5.41, 5.74) is 21.6. The van der Waals surface area contributed by atoms with E-state index in [2.05, 4.69) is 86.6 Å². The Balaban J connectivity index is 0.990. The zero-order valence-electron chi connectivity index (χ0n) is 26.0. The lowest BCUT2D eigenvalue weighted by Crippen LogP contribution is -1.97. The molecule has 0 aliphatic heterocycles. The molecule has 4 aromatic carbocycles. The summed E-state index contributed by atoms with van der Waals surface area (Å²) in [7, 11) is 0. The molecule has 2 unspecified atom stereocenters. The minimum Gasteiger partial charge on any atom is -0.399 e. The number of unbranched alkanes of at least 4 members (excludes halogenated alkanes) is 9. The summed E-state index contributed by atoms with van der Waals surface area (Å²) in [5.74, 6) is 0.793. The maximum atomic E-state index is 5.84. The third-order valence-electron chi connectivity index (χ3n) is 9.01. The van der Waals surface area contributed by atoms with E-state index < -0.39 is 0 Å². The van der Waals surface area contributed by atoms with Crippen molar-refractivity contribution in [2.75, 3.05) is 11.5 Å². The summed E-state index contributed by atoms with van der Waals surface area (Å²) < 4.78 is 0. The van der Waals surface area contributed by atoms with E-state index in [1.54, 1.807) is 0 Å². The van der Waals surface area contributed by atoms with Gasteiger partial charge in [0, 0.05) is 23.2 Å². The third-order valence-corrected chi connectivity index (χ3v) is 9.01. The van der Waals surface area contributed by atoms with Gasteiger partial charge in [-0.15, -0.1) is 0 Å². The van der Waals surface area contributed by atoms with Crippen LogP contribution in [0.25, 0.3) is 0 Å². The standard InChI is InChI=1S/C40H52N2/c1-31(37-23-27-39(41)28-24-37)35-19-15-33(16-20-35)13-11-9-7-5-3-4-6-8-10-12-14-34-17-21-36(22-18-34)32(2)38-25-29-40(42)30-26-38/h15-32H,3-14,41-42H2,1-2H3. The fourth-order valence-electron chi connectivity index (χ4n) is 5.97. The Bertz CT molecular complexity index is 1180. The average Bonchev–Trinajstić information content (AvgIpc) is 3.02. The molecule has 222 valence electrons. The molecule has 0 radical (unpaired) electrons. The summed E-state index contributed by atoms with van der Waals surface area (Å²) in [6.07, 6.45) is 16.0. The van der Waals surface area contributed by atoms with Crippen LogP contribution in [0, 0.1) is 0 Å². The van der Waals surface area contributed by atoms with Gasteiger partial charge in [0.15, 0.2) is 0 Å². The van der Waals surface area contributed by atoms with Gasteiger partial charge in [0.05, 0.1) is 0 Å². The van der Waals surface area contributed by atoms with Crippen molar-refractivity contribution in [2.24, 2.45) is 0 Å². The largest absolute Gasteiger partial charge is 0.399 e. The Kier molecular flexibility index (Phi) is 12.6. The van der Waals surface area contributed by atoms with Crippen LogP contribution in [0.2, 0.25) is 0 Å². The van der Waals surface area contributed by atoms with Gasteiger partial charge >= 0.3 is 0 Å². The lowest BCUT2D eigenvalue weighted by molar-refractivity contribution is 0.551. The molecule has 0 spiro atoms. The predicted molar refractivity (Wildman–Crippen MR) is 183 cm³/mol. The van der Waals surface area contributed by atoms with E-state index in [9.17, 15) is 0 Å². The van der Waals surface area contributed by atoms with Gasteiger partial charge in [-0.1, -0.05) is 138 Å². The molecule has 0 heterocycles. The van der Waals surface area contributed by atoms with Crippen LogP contribution < -0.4 is 11.5 Å². The van der Waals surface area contributed by atoms with Crippen LogP contribution in [0.3, 0.4) is 0 Å². The third kappa shape index (κ3) is 10.1. The first-order valence-electron chi connectivity index (χ1n) is 16.4. The summed E-state index contributed by atoms with van der Waals surface area (Å²) in [6, 6.07) is 35.0. The van der Waals surface area contributed by atoms with E-state index in [-0.39, 0.29) is 0 Å². The molecule has 0 aliphatic rings. The molecule has 4 N–H and O–H groups in total. The van der Waals surface area contributed by atoms with E-state index in [1.165, 1.54) is 110 Å². The summed E-state index contributed by atoms with van der Waals surface area (Å²) in [6.45, 7) is 4.54. The van der Waals surface area contributed by atoms with Gasteiger partial charge in [-0.3, -0.25) is 0 Å². The number of nitrogen functional groups attached to an aromatic ring is 2. The number of benzene rings is 4. The quantitative estimate of drug-likeness (QED) is 0.0996. The molecule has 0 aromatic heterocycles. The van der Waals surface area contributed by atoms with E-state index in [0.29, 0.717) is 11.8 Å². The molecule has 4 rings (SSSR count). The van der Waals surface area contributed by atoms with Crippen LogP contribution in [-0.4, -0.2) is 0 Å². The van der Waals surface area contributed by atoms with Crippen molar-refractivity contribution in [1.82, 2.24) is 0 Å². The second kappa shape index (κ2) is 16.8. The number of nitrogens with two attached hydrogens (primary N) is 2. The van der Waals surface area contributed by atoms with Crippen molar-refractivity contribution < 1.29 is 0 Å². The molecule has 0 saturated carbocycles. The van der Waals surface area contributed by atoms with Crippen LogP contribution in [0.1, 0.15) is 123 Å². The number of rotatable bonds is 17. The van der Waals surface area contributed by atoms with Crippen molar-refractivity contribution in [1.29, 1.82) is 0 Å². The highest BCUT2D eigenvalue weighted by Crippen LogP contribution is 2.27. The van der Waals surface area contributed by atoms with E-state index in [0.717, 1.165) is 11.4 Å². The molecule has 0 amide bonds. The lowest BCUT2D eigenvalue weighted by Gasteiger charge is -2.13. The molecule has 4 aromatic rings. The maximum absolute atomic E-state index is 5.84. The molecule has 0 fully saturated rings. The number of hydrogen-bond acceptors (Lipinski definition) is 2. The first-order chi connectivity index (χ1) is 20.5. The Morgan fingerprint density at radius 1 is 0.357 bits per heavy atom. The lowest BCUT2D eigenvalue weighted by atomic mass is 9.92. The zero-order valence-corrected chi connectivity index (χ0v) is 26.0. The van der Waals surface area contributed by atoms with Gasteiger partial charge < -0.3 is 11.5 Å². The maximum Gasteiger partial charge on any atom is 0.0314 e. The highest BCUT2D eigenvalue weighted by atomic mass is 14.5. The van der Waals surface area contributed by atoms with Crippen molar-refractivity contribution in [2.45, 2.75) is 103 Å². The van der Waals surface area contributed by atoms with Gasteiger partial charge in [0.25, 0.3) is 0 Å². The molecule has 0 aliphatic carbocycles. The Morgan fingerprint density at radius 2 is 0.595 bits per heavy atom. The second-order valence-corrected chi connectivity index (χ2v) is 12.3. The van der Waals surface area contributed by atoms with Crippen molar-refractivity contribution >= 4 is 11.4 Å². The summed E-state index contributed by atoms with van der Waals surface area (Å²) in [5, 5.41) is 0. The Labute approximate surface area is 255 Å². The summed E-state index contributed by atoms with van der Waals surface area (Å²) >= 11 is 0. The minimum atomic E-state index is 0.396.